The molecular weight excluding hydrogens is 296 g/mol. The first-order valence-corrected chi connectivity index (χ1v) is 7.39. The second-order valence-electron chi connectivity index (χ2n) is 5.69. The zero-order valence-corrected chi connectivity index (χ0v) is 13.0. The smallest absolute Gasteiger partial charge is 0.414 e. The molecule has 1 amide bonds. The van der Waals surface area contributed by atoms with Crippen LogP contribution in [0, 0.1) is 13.8 Å². The molecule has 2 aromatic rings. The number of pyridine rings is 1. The largest absolute Gasteiger partial charge is 0.441 e. The fourth-order valence-electron chi connectivity index (χ4n) is 2.79. The Morgan fingerprint density at radius 2 is 2.04 bits per heavy atom. The number of rotatable bonds is 3. The van der Waals surface area contributed by atoms with E-state index in [1.165, 1.54) is 6.07 Å². The number of ether oxygens (including phenoxy) is 1. The van der Waals surface area contributed by atoms with Crippen LogP contribution in [0.1, 0.15) is 11.1 Å². The molecule has 6 nitrogen and oxygen atoms in total. The molecule has 0 radical (unpaired) electrons. The van der Waals surface area contributed by atoms with Crippen molar-refractivity contribution in [3.05, 3.63) is 51.9 Å². The van der Waals surface area contributed by atoms with Crippen molar-refractivity contribution in [1.82, 2.24) is 4.98 Å². The number of aromatic nitrogens is 1. The van der Waals surface area contributed by atoms with E-state index in [1.807, 2.05) is 26.0 Å². The highest BCUT2D eigenvalue weighted by molar-refractivity contribution is 5.91. The van der Waals surface area contributed by atoms with Gasteiger partial charge in [-0.25, -0.2) is 4.79 Å². The van der Waals surface area contributed by atoms with Gasteiger partial charge in [0, 0.05) is 12.3 Å². The number of amides is 1. The number of aliphatic hydroxyl groups is 1. The van der Waals surface area contributed by atoms with Gasteiger partial charge >= 0.3 is 6.09 Å². The summed E-state index contributed by atoms with van der Waals surface area (Å²) in [6, 6.07) is 7.17. The molecule has 1 aliphatic heterocycles. The van der Waals surface area contributed by atoms with Gasteiger partial charge in [-0.15, -0.1) is 0 Å². The summed E-state index contributed by atoms with van der Waals surface area (Å²) < 4.78 is 5.10. The van der Waals surface area contributed by atoms with Crippen molar-refractivity contribution >= 4 is 11.8 Å². The second kappa shape index (κ2) is 5.89. The lowest BCUT2D eigenvalue weighted by Crippen LogP contribution is -2.26. The number of nitrogens with zero attached hydrogens (tertiary/aromatic N) is 1. The van der Waals surface area contributed by atoms with E-state index in [-0.39, 0.29) is 12.2 Å². The van der Waals surface area contributed by atoms with Gasteiger partial charge < -0.3 is 14.8 Å². The van der Waals surface area contributed by atoms with Crippen LogP contribution in [0.25, 0.3) is 11.1 Å². The van der Waals surface area contributed by atoms with E-state index >= 15 is 0 Å². The van der Waals surface area contributed by atoms with Crippen LogP contribution in [0.5, 0.6) is 0 Å². The van der Waals surface area contributed by atoms with Crippen LogP contribution in [0.2, 0.25) is 0 Å². The summed E-state index contributed by atoms with van der Waals surface area (Å²) in [5, 5.41) is 9.15. The Morgan fingerprint density at radius 3 is 2.65 bits per heavy atom. The van der Waals surface area contributed by atoms with Crippen LogP contribution in [0.15, 0.2) is 35.3 Å². The van der Waals surface area contributed by atoms with Crippen molar-refractivity contribution in [2.75, 3.05) is 18.1 Å². The molecule has 120 valence electrons. The van der Waals surface area contributed by atoms with Crippen LogP contribution < -0.4 is 10.5 Å². The highest BCUT2D eigenvalue weighted by atomic mass is 16.6. The number of carbonyl (C=O) groups excluding carboxylic acids is 1. The minimum absolute atomic E-state index is 0.144. The van der Waals surface area contributed by atoms with Gasteiger partial charge in [0.2, 0.25) is 5.56 Å². The van der Waals surface area contributed by atoms with E-state index in [4.69, 9.17) is 9.84 Å². The summed E-state index contributed by atoms with van der Waals surface area (Å²) in [6.45, 7) is 4.03. The van der Waals surface area contributed by atoms with E-state index < -0.39 is 12.2 Å². The van der Waals surface area contributed by atoms with Gasteiger partial charge in [0.1, 0.15) is 6.10 Å². The van der Waals surface area contributed by atoms with E-state index in [2.05, 4.69) is 4.98 Å². The lowest BCUT2D eigenvalue weighted by molar-refractivity contribution is 0.0963. The molecule has 3 rings (SSSR count). The van der Waals surface area contributed by atoms with Gasteiger partial charge in [-0.2, -0.15) is 0 Å². The van der Waals surface area contributed by atoms with Gasteiger partial charge in [0.05, 0.1) is 18.8 Å². The molecule has 0 bridgehead atoms. The first-order chi connectivity index (χ1) is 11.0. The first kappa shape index (κ1) is 15.3. The van der Waals surface area contributed by atoms with E-state index in [9.17, 15) is 9.59 Å². The monoisotopic (exact) mass is 314 g/mol. The van der Waals surface area contributed by atoms with Crippen LogP contribution >= 0.6 is 0 Å². The molecule has 23 heavy (non-hydrogen) atoms. The predicted octanol–water partition coefficient (Wildman–Crippen LogP) is 1.98. The Balaban J connectivity index is 1.99. The van der Waals surface area contributed by atoms with Crippen molar-refractivity contribution in [3.63, 3.8) is 0 Å². The van der Waals surface area contributed by atoms with Gasteiger partial charge in [-0.3, -0.25) is 9.69 Å². The highest BCUT2D eigenvalue weighted by Gasteiger charge is 2.32. The van der Waals surface area contributed by atoms with Crippen molar-refractivity contribution < 1.29 is 14.6 Å². The molecule has 2 N–H and O–H groups in total. The Bertz CT molecular complexity index is 792. The first-order valence-electron chi connectivity index (χ1n) is 7.39. The fourth-order valence-corrected chi connectivity index (χ4v) is 2.79. The summed E-state index contributed by atoms with van der Waals surface area (Å²) in [7, 11) is 0. The standard InChI is InChI=1S/C17H18N2O4/c1-10-6-15(19-8-13(9-20)23-17(19)22)11(2)5-14(10)12-3-4-16(21)18-7-12/h3-7,13,20H,8-9H2,1-2H3,(H,18,21). The van der Waals surface area contributed by atoms with Crippen LogP contribution in [0.3, 0.4) is 0 Å². The number of anilines is 1. The minimum Gasteiger partial charge on any atom is -0.441 e. The number of hydrogen-bond donors (Lipinski definition) is 2. The molecule has 0 aliphatic carbocycles. The molecule has 1 fully saturated rings. The maximum atomic E-state index is 12.0. The molecule has 2 heterocycles. The van der Waals surface area contributed by atoms with Crippen molar-refractivity contribution in [1.29, 1.82) is 0 Å². The van der Waals surface area contributed by atoms with Crippen LogP contribution in [-0.4, -0.2) is 35.4 Å². The zero-order valence-electron chi connectivity index (χ0n) is 13.0. The Kier molecular flexibility index (Phi) is 3.92. The van der Waals surface area contributed by atoms with Crippen molar-refractivity contribution in [2.45, 2.75) is 20.0 Å². The Morgan fingerprint density at radius 1 is 1.26 bits per heavy atom. The van der Waals surface area contributed by atoms with Gasteiger partial charge in [0.15, 0.2) is 0 Å². The lowest BCUT2D eigenvalue weighted by Gasteiger charge is -2.18. The molecule has 1 atom stereocenters. The van der Waals surface area contributed by atoms with Gasteiger partial charge in [-0.1, -0.05) is 0 Å². The number of hydrogen-bond acceptors (Lipinski definition) is 4. The van der Waals surface area contributed by atoms with E-state index in [0.29, 0.717) is 6.54 Å². The molecule has 6 heteroatoms. The van der Waals surface area contributed by atoms with Crippen LogP contribution in [-0.2, 0) is 4.74 Å². The summed E-state index contributed by atoms with van der Waals surface area (Å²) in [5.41, 5.74) is 4.44. The SMILES string of the molecule is Cc1cc(N2CC(CO)OC2=O)c(C)cc1-c1ccc(=O)[nH]c1. The molecular formula is C17H18N2O4. The molecule has 1 aromatic heterocycles. The Hall–Kier alpha value is -2.60. The van der Waals surface area contributed by atoms with E-state index in [1.54, 1.807) is 17.2 Å². The molecule has 1 aromatic carbocycles. The van der Waals surface area contributed by atoms with Crippen molar-refractivity contribution in [3.8, 4) is 11.1 Å². The summed E-state index contributed by atoms with van der Waals surface area (Å²) in [4.78, 5) is 27.4. The molecule has 0 spiro atoms. The minimum atomic E-state index is -0.485. The quantitative estimate of drug-likeness (QED) is 0.907. The topological polar surface area (TPSA) is 82.6 Å². The number of nitrogens with one attached hydrogen (secondary N) is 1. The summed E-state index contributed by atoms with van der Waals surface area (Å²) in [6.07, 6.45) is 0.750. The number of benzene rings is 1. The number of cyclic esters (lactones) is 1. The third-order valence-electron chi connectivity index (χ3n) is 4.01. The molecule has 1 saturated heterocycles. The maximum absolute atomic E-state index is 12.0. The summed E-state index contributed by atoms with van der Waals surface area (Å²) in [5.74, 6) is 0. The highest BCUT2D eigenvalue weighted by Crippen LogP contribution is 2.32. The number of H-pyrrole nitrogens is 1. The lowest BCUT2D eigenvalue weighted by atomic mass is 9.98. The third-order valence-corrected chi connectivity index (χ3v) is 4.01. The van der Waals surface area contributed by atoms with Crippen molar-refractivity contribution in [2.24, 2.45) is 0 Å². The molecule has 0 saturated carbocycles. The zero-order chi connectivity index (χ0) is 16.6. The number of carbonyl (C=O) groups is 1. The normalized spacial score (nSPS) is 17.4. The predicted molar refractivity (Wildman–Crippen MR) is 86.7 cm³/mol. The van der Waals surface area contributed by atoms with Gasteiger partial charge in [0.25, 0.3) is 0 Å². The van der Waals surface area contributed by atoms with E-state index in [0.717, 1.165) is 27.9 Å². The maximum Gasteiger partial charge on any atom is 0.414 e. The second-order valence-corrected chi connectivity index (χ2v) is 5.69. The summed E-state index contributed by atoms with van der Waals surface area (Å²) >= 11 is 0. The van der Waals surface area contributed by atoms with Gasteiger partial charge in [-0.05, 0) is 54.3 Å². The molecule has 1 unspecified atom stereocenters. The number of aliphatic hydroxyl groups excluding tert-OH is 1. The third kappa shape index (κ3) is 2.85. The molecule has 1 aliphatic rings. The Labute approximate surface area is 133 Å². The average Bonchev–Trinajstić information content (AvgIpc) is 2.91. The van der Waals surface area contributed by atoms with Crippen LogP contribution in [0.4, 0.5) is 10.5 Å². The number of aromatic amines is 1. The number of aryl methyl sites for hydroxylation is 2. The average molecular weight is 314 g/mol. The fraction of sp³-hybridized carbons (Fsp3) is 0.294.